The van der Waals surface area contributed by atoms with E-state index < -0.39 is 0 Å². The molecule has 21 heavy (non-hydrogen) atoms. The summed E-state index contributed by atoms with van der Waals surface area (Å²) in [6.45, 7) is 10.5. The molecule has 0 radical (unpaired) electrons. The van der Waals surface area contributed by atoms with Gasteiger partial charge in [0.15, 0.2) is 0 Å². The number of nitrogens with zero attached hydrogens (tertiary/aromatic N) is 1. The molecule has 116 valence electrons. The smallest absolute Gasteiger partial charge is 0.213 e. The molecule has 0 amide bonds. The highest BCUT2D eigenvalue weighted by molar-refractivity contribution is 6.00. The number of nitrogens with two attached hydrogens (primary N) is 1. The molecule has 0 atom stereocenters. The quantitative estimate of drug-likeness (QED) is 0.666. The molecule has 0 aliphatic rings. The van der Waals surface area contributed by atoms with Gasteiger partial charge in [0.2, 0.25) is 5.90 Å². The molecule has 0 fully saturated rings. The second-order valence-electron chi connectivity index (χ2n) is 5.15. The Bertz CT molecular complexity index is 546. The van der Waals surface area contributed by atoms with Crippen LogP contribution in [-0.2, 0) is 4.74 Å². The zero-order chi connectivity index (χ0) is 16.0. The third kappa shape index (κ3) is 4.52. The van der Waals surface area contributed by atoms with Gasteiger partial charge in [-0.25, -0.2) is 0 Å². The Morgan fingerprint density at radius 1 is 1.33 bits per heavy atom. The average molecular weight is 290 g/mol. The summed E-state index contributed by atoms with van der Waals surface area (Å²) in [6.07, 6.45) is 0.154. The lowest BCUT2D eigenvalue weighted by Crippen LogP contribution is -2.12. The first-order chi connectivity index (χ1) is 9.90. The number of rotatable bonds is 5. The first-order valence-electron chi connectivity index (χ1n) is 7.24. The summed E-state index contributed by atoms with van der Waals surface area (Å²) in [7, 11) is 1.70. The van der Waals surface area contributed by atoms with E-state index >= 15 is 0 Å². The Labute approximate surface area is 127 Å². The highest BCUT2D eigenvalue weighted by Gasteiger charge is 2.11. The Morgan fingerprint density at radius 2 is 2.00 bits per heavy atom. The molecular formula is C17H26N2O2. The summed E-state index contributed by atoms with van der Waals surface area (Å²) in [5.41, 5.74) is 9.76. The molecule has 0 heterocycles. The van der Waals surface area contributed by atoms with Crippen LogP contribution in [0.1, 0.15) is 38.8 Å². The molecule has 1 aromatic carbocycles. The van der Waals surface area contributed by atoms with Crippen molar-refractivity contribution in [1.29, 1.82) is 0 Å². The van der Waals surface area contributed by atoms with Crippen LogP contribution in [0.25, 0.3) is 5.70 Å². The maximum absolute atomic E-state index is 6.24. The van der Waals surface area contributed by atoms with Gasteiger partial charge in [0.1, 0.15) is 5.75 Å². The highest BCUT2D eigenvalue weighted by Crippen LogP contribution is 2.24. The second-order valence-corrected chi connectivity index (χ2v) is 5.15. The lowest BCUT2D eigenvalue weighted by atomic mass is 10.0. The van der Waals surface area contributed by atoms with Crippen molar-refractivity contribution >= 4 is 11.6 Å². The number of hydrogen-bond donors (Lipinski definition) is 1. The molecule has 1 aromatic rings. The van der Waals surface area contributed by atoms with Crippen molar-refractivity contribution in [2.45, 2.75) is 40.7 Å². The molecule has 0 unspecified atom stereocenters. The van der Waals surface area contributed by atoms with Gasteiger partial charge in [0.05, 0.1) is 12.7 Å². The summed E-state index contributed by atoms with van der Waals surface area (Å²) < 4.78 is 11.2. The topological polar surface area (TPSA) is 56.8 Å². The molecule has 2 N–H and O–H groups in total. The number of aryl methyl sites for hydroxylation is 1. The van der Waals surface area contributed by atoms with Gasteiger partial charge < -0.3 is 15.2 Å². The van der Waals surface area contributed by atoms with Gasteiger partial charge in [-0.15, -0.1) is 0 Å². The fourth-order valence-corrected chi connectivity index (χ4v) is 2.01. The van der Waals surface area contributed by atoms with E-state index in [2.05, 4.69) is 4.99 Å². The molecule has 0 aromatic heterocycles. The lowest BCUT2D eigenvalue weighted by Gasteiger charge is -2.15. The molecule has 4 heteroatoms. The van der Waals surface area contributed by atoms with Gasteiger partial charge >= 0.3 is 0 Å². The number of benzene rings is 1. The molecule has 0 saturated carbocycles. The van der Waals surface area contributed by atoms with Gasteiger partial charge in [-0.1, -0.05) is 0 Å². The molecule has 4 nitrogen and oxygen atoms in total. The van der Waals surface area contributed by atoms with Crippen LogP contribution in [-0.4, -0.2) is 25.7 Å². The van der Waals surface area contributed by atoms with Crippen molar-refractivity contribution in [2.24, 2.45) is 10.7 Å². The monoisotopic (exact) mass is 290 g/mol. The Morgan fingerprint density at radius 3 is 2.48 bits per heavy atom. The van der Waals surface area contributed by atoms with Crippen LogP contribution in [0.4, 0.5) is 0 Å². The van der Waals surface area contributed by atoms with E-state index in [1.54, 1.807) is 7.05 Å². The number of aliphatic imine (C=N–C) groups is 1. The molecule has 0 saturated heterocycles. The van der Waals surface area contributed by atoms with E-state index in [9.17, 15) is 0 Å². The van der Waals surface area contributed by atoms with Crippen molar-refractivity contribution in [3.8, 4) is 5.75 Å². The van der Waals surface area contributed by atoms with Crippen LogP contribution < -0.4 is 10.5 Å². The second kappa shape index (κ2) is 7.72. The van der Waals surface area contributed by atoms with Gasteiger partial charge in [0, 0.05) is 18.3 Å². The molecule has 0 aliphatic heterocycles. The third-order valence-electron chi connectivity index (χ3n) is 3.06. The molecule has 0 aliphatic carbocycles. The van der Waals surface area contributed by atoms with Crippen LogP contribution in [0.3, 0.4) is 0 Å². The third-order valence-corrected chi connectivity index (χ3v) is 3.06. The lowest BCUT2D eigenvalue weighted by molar-refractivity contribution is 0.241. The summed E-state index contributed by atoms with van der Waals surface area (Å²) in [6, 6.07) is 5.94. The zero-order valence-corrected chi connectivity index (χ0v) is 13.9. The van der Waals surface area contributed by atoms with Crippen LogP contribution in [0, 0.1) is 6.92 Å². The maximum atomic E-state index is 6.24. The fraction of sp³-hybridized carbons (Fsp3) is 0.471. The standard InChI is InChI=1S/C17H26N2O2/c1-7-20-17(19-6)13(5)16(18)14-8-9-15(12(4)10-14)21-11(2)3/h8-11H,7,18H2,1-6H3. The first kappa shape index (κ1) is 17.1. The van der Waals surface area contributed by atoms with Gasteiger partial charge in [-0.3, -0.25) is 4.99 Å². The van der Waals surface area contributed by atoms with Crippen LogP contribution in [0.15, 0.2) is 28.8 Å². The molecule has 0 spiro atoms. The van der Waals surface area contributed by atoms with E-state index in [-0.39, 0.29) is 6.10 Å². The van der Waals surface area contributed by atoms with Gasteiger partial charge in [0.25, 0.3) is 0 Å². The minimum atomic E-state index is 0.154. The average Bonchev–Trinajstić information content (AvgIpc) is 2.45. The summed E-state index contributed by atoms with van der Waals surface area (Å²) >= 11 is 0. The highest BCUT2D eigenvalue weighted by atomic mass is 16.5. The minimum Gasteiger partial charge on any atom is -0.491 e. The van der Waals surface area contributed by atoms with E-state index in [0.717, 1.165) is 22.4 Å². The van der Waals surface area contributed by atoms with E-state index in [0.29, 0.717) is 18.2 Å². The first-order valence-corrected chi connectivity index (χ1v) is 7.24. The Hall–Kier alpha value is -1.97. The SMILES string of the molecule is CCOC(=NC)C(C)=C(N)c1ccc(OC(C)C)c(C)c1. The predicted molar refractivity (Wildman–Crippen MR) is 88.7 cm³/mol. The van der Waals surface area contributed by atoms with Crippen molar-refractivity contribution in [1.82, 2.24) is 0 Å². The fourth-order valence-electron chi connectivity index (χ4n) is 2.01. The van der Waals surface area contributed by atoms with Crippen LogP contribution >= 0.6 is 0 Å². The number of hydrogen-bond acceptors (Lipinski definition) is 4. The molecular weight excluding hydrogens is 264 g/mol. The van der Waals surface area contributed by atoms with Crippen molar-refractivity contribution in [2.75, 3.05) is 13.7 Å². The van der Waals surface area contributed by atoms with Crippen LogP contribution in [0.2, 0.25) is 0 Å². The number of ether oxygens (including phenoxy) is 2. The van der Waals surface area contributed by atoms with Crippen LogP contribution in [0.5, 0.6) is 5.75 Å². The summed E-state index contributed by atoms with van der Waals surface area (Å²) in [5, 5.41) is 0. The van der Waals surface area contributed by atoms with E-state index in [1.807, 2.05) is 52.8 Å². The summed E-state index contributed by atoms with van der Waals surface area (Å²) in [5.74, 6) is 1.46. The maximum Gasteiger partial charge on any atom is 0.213 e. The van der Waals surface area contributed by atoms with Gasteiger partial charge in [-0.05, 0) is 63.9 Å². The van der Waals surface area contributed by atoms with E-state index in [4.69, 9.17) is 15.2 Å². The summed E-state index contributed by atoms with van der Waals surface area (Å²) in [4.78, 5) is 4.14. The molecule has 0 bridgehead atoms. The Kier molecular flexibility index (Phi) is 6.28. The van der Waals surface area contributed by atoms with Crippen molar-refractivity contribution in [3.63, 3.8) is 0 Å². The zero-order valence-electron chi connectivity index (χ0n) is 13.9. The Balaban J connectivity index is 3.13. The van der Waals surface area contributed by atoms with Gasteiger partial charge in [-0.2, -0.15) is 0 Å². The van der Waals surface area contributed by atoms with E-state index in [1.165, 1.54) is 0 Å². The van der Waals surface area contributed by atoms with Crippen molar-refractivity contribution < 1.29 is 9.47 Å². The normalized spacial score (nSPS) is 13.2. The van der Waals surface area contributed by atoms with Crippen molar-refractivity contribution in [3.05, 3.63) is 34.9 Å². The molecule has 1 rings (SSSR count). The predicted octanol–water partition coefficient (Wildman–Crippen LogP) is 3.54. The minimum absolute atomic E-state index is 0.154. The largest absolute Gasteiger partial charge is 0.491 e.